The van der Waals surface area contributed by atoms with E-state index >= 15 is 4.39 Å². The van der Waals surface area contributed by atoms with Crippen molar-refractivity contribution in [2.45, 2.75) is 13.0 Å². The van der Waals surface area contributed by atoms with Gasteiger partial charge in [0.25, 0.3) is 0 Å². The zero-order valence-corrected chi connectivity index (χ0v) is 16.1. The number of nitrogens with one attached hydrogen (secondary N) is 1. The summed E-state index contributed by atoms with van der Waals surface area (Å²) in [6.45, 7) is 1.80. The van der Waals surface area contributed by atoms with Gasteiger partial charge in [0.1, 0.15) is 30.1 Å². The summed E-state index contributed by atoms with van der Waals surface area (Å²) in [5.74, 6) is 0.502. The fraction of sp³-hybridized carbons (Fsp3) is 0.158. The summed E-state index contributed by atoms with van der Waals surface area (Å²) < 4.78 is 22.7. The Bertz CT molecular complexity index is 1290. The van der Waals surface area contributed by atoms with E-state index in [9.17, 15) is 0 Å². The number of nitrogens with zero attached hydrogens (tertiary/aromatic N) is 7. The Hall–Kier alpha value is -3.99. The molecule has 2 aliphatic heterocycles. The van der Waals surface area contributed by atoms with Crippen molar-refractivity contribution in [2.24, 2.45) is 12.1 Å². The Morgan fingerprint density at radius 1 is 1.23 bits per heavy atom. The van der Waals surface area contributed by atoms with Crippen molar-refractivity contribution < 1.29 is 14.1 Å². The van der Waals surface area contributed by atoms with Crippen molar-refractivity contribution >= 4 is 28.5 Å². The van der Waals surface area contributed by atoms with Crippen LogP contribution in [-0.4, -0.2) is 35.9 Å². The molecular weight excluding hydrogens is 389 g/mol. The number of rotatable bonds is 4. The Morgan fingerprint density at radius 3 is 2.90 bits per heavy atom. The van der Waals surface area contributed by atoms with Gasteiger partial charge in [-0.25, -0.2) is 19.9 Å². The zero-order valence-electron chi connectivity index (χ0n) is 16.1. The van der Waals surface area contributed by atoms with Crippen LogP contribution in [0.15, 0.2) is 53.8 Å². The quantitative estimate of drug-likeness (QED) is 0.659. The molecule has 3 aromatic heterocycles. The number of aromatic nitrogens is 6. The number of pyridine rings is 1. The lowest BCUT2D eigenvalue weighted by molar-refractivity contribution is -0.807. The molecule has 0 radical (unpaired) electrons. The van der Waals surface area contributed by atoms with Crippen molar-refractivity contribution in [1.29, 1.82) is 0 Å². The number of fused-ring (bicyclic) bond motifs is 2. The van der Waals surface area contributed by atoms with Crippen molar-refractivity contribution in [1.82, 2.24) is 29.7 Å². The predicted molar refractivity (Wildman–Crippen MR) is 106 cm³/mol. The molecule has 5 heterocycles. The molecule has 150 valence electrons. The van der Waals surface area contributed by atoms with Gasteiger partial charge in [0, 0.05) is 36.5 Å². The van der Waals surface area contributed by atoms with Crippen LogP contribution in [0.3, 0.4) is 0 Å². The summed E-state index contributed by atoms with van der Waals surface area (Å²) in [6.07, 6.45) is 10.5. The molecule has 2 aliphatic rings. The lowest BCUT2D eigenvalue weighted by Crippen LogP contribution is -3.00. The molecule has 1 unspecified atom stereocenters. The highest BCUT2D eigenvalue weighted by molar-refractivity contribution is 6.01. The first-order chi connectivity index (χ1) is 14.5. The van der Waals surface area contributed by atoms with Gasteiger partial charge in [-0.05, 0) is 6.92 Å². The molecule has 2 atom stereocenters. The number of quaternary nitrogens is 1. The third-order valence-electron chi connectivity index (χ3n) is 4.83. The molecule has 11 heteroatoms. The number of allylic oxidation sites excluding steroid dienone is 4. The second-order valence-electron chi connectivity index (χ2n) is 6.80. The number of hydrogen-bond donors (Lipinski definition) is 2. The first-order valence-corrected chi connectivity index (χ1v) is 9.14. The molecule has 10 nitrogen and oxygen atoms in total. The molecule has 0 saturated heterocycles. The number of nitrogen functional groups attached to an aromatic ring is 1. The molecule has 0 spiro atoms. The van der Waals surface area contributed by atoms with Gasteiger partial charge in [-0.3, -0.25) is 4.68 Å². The molecular formula is C19H17FN9O+. The van der Waals surface area contributed by atoms with E-state index in [1.165, 1.54) is 12.5 Å². The van der Waals surface area contributed by atoms with Crippen LogP contribution >= 0.6 is 0 Å². The normalized spacial score (nSPS) is 18.6. The molecule has 0 aromatic carbocycles. The van der Waals surface area contributed by atoms with Crippen molar-refractivity contribution in [3.63, 3.8) is 0 Å². The Morgan fingerprint density at radius 2 is 2.10 bits per heavy atom. The number of aryl methyl sites for hydroxylation is 1. The lowest BCUT2D eigenvalue weighted by atomic mass is 10.0. The Balaban J connectivity index is 1.61. The maximum Gasteiger partial charge on any atom is 0.227 e. The van der Waals surface area contributed by atoms with Gasteiger partial charge in [0.15, 0.2) is 17.8 Å². The molecule has 3 aromatic rings. The lowest BCUT2D eigenvalue weighted by Gasteiger charge is -2.17. The minimum Gasteiger partial charge on any atom is -0.466 e. The van der Waals surface area contributed by atoms with Crippen LogP contribution in [0.1, 0.15) is 24.4 Å². The summed E-state index contributed by atoms with van der Waals surface area (Å²) in [5.41, 5.74) is 7.82. The Kier molecular flexibility index (Phi) is 4.10. The van der Waals surface area contributed by atoms with Gasteiger partial charge < -0.3 is 10.5 Å². The third kappa shape index (κ3) is 2.83. The van der Waals surface area contributed by atoms with Gasteiger partial charge in [-0.15, -0.1) is 5.01 Å². The van der Waals surface area contributed by atoms with E-state index < -0.39 is 11.9 Å². The van der Waals surface area contributed by atoms with Crippen molar-refractivity contribution in [3.05, 3.63) is 60.1 Å². The van der Waals surface area contributed by atoms with Crippen LogP contribution < -0.4 is 15.5 Å². The zero-order chi connectivity index (χ0) is 20.8. The topological polar surface area (TPSA) is 121 Å². The van der Waals surface area contributed by atoms with Gasteiger partial charge in [-0.1, -0.05) is 5.10 Å². The first kappa shape index (κ1) is 18.1. The van der Waals surface area contributed by atoms with Crippen LogP contribution in [-0.2, 0) is 7.05 Å². The molecule has 3 N–H and O–H groups in total. The molecule has 5 rings (SSSR count). The second-order valence-corrected chi connectivity index (χ2v) is 6.80. The van der Waals surface area contributed by atoms with Gasteiger partial charge in [0.05, 0.1) is 11.7 Å². The fourth-order valence-corrected chi connectivity index (χ4v) is 3.37. The van der Waals surface area contributed by atoms with Crippen molar-refractivity contribution in [2.75, 3.05) is 5.73 Å². The highest BCUT2D eigenvalue weighted by Crippen LogP contribution is 2.36. The summed E-state index contributed by atoms with van der Waals surface area (Å²) in [7, 11) is 1.77. The highest BCUT2D eigenvalue weighted by atomic mass is 19.1. The fourth-order valence-electron chi connectivity index (χ4n) is 3.37. The van der Waals surface area contributed by atoms with Crippen molar-refractivity contribution in [3.8, 4) is 5.88 Å². The Labute approximate surface area is 169 Å². The van der Waals surface area contributed by atoms with E-state index in [0.717, 1.165) is 0 Å². The molecule has 0 amide bonds. The van der Waals surface area contributed by atoms with Gasteiger partial charge in [0.2, 0.25) is 11.6 Å². The van der Waals surface area contributed by atoms with E-state index in [0.29, 0.717) is 38.6 Å². The maximum atomic E-state index is 15.2. The van der Waals surface area contributed by atoms with Gasteiger partial charge >= 0.3 is 0 Å². The number of halogens is 1. The standard InChI is InChI=1S/C19H16FN9O/c1-10(18-25-9-28(2)27-18)30-19-14-16(23-8-24-17(14)21)12(7-22-19)11-4-6-29-13(15(11)20)3-5-26-29/h3-10H,1-2H3,(H2,21,23,24)/p+1/t10-/m1/s1. The average molecular weight is 406 g/mol. The monoisotopic (exact) mass is 406 g/mol. The number of hydrogen-bond acceptors (Lipinski definition) is 8. The SMILES string of the molecule is C[C@@H](Oc1ncc(C2=C(F)C3=CC=N[NH+]3C=C2)c2ncnc(N)c12)c1ncn(C)n1. The van der Waals surface area contributed by atoms with E-state index in [2.05, 4.69) is 30.1 Å². The minimum atomic E-state index is -0.490. The highest BCUT2D eigenvalue weighted by Gasteiger charge is 2.30. The van der Waals surface area contributed by atoms with Crippen LogP contribution in [0, 0.1) is 0 Å². The smallest absolute Gasteiger partial charge is 0.227 e. The average Bonchev–Trinajstić information content (AvgIpc) is 3.38. The largest absolute Gasteiger partial charge is 0.466 e. The maximum absolute atomic E-state index is 15.2. The minimum absolute atomic E-state index is 0.182. The molecule has 0 bridgehead atoms. The van der Waals surface area contributed by atoms with Crippen LogP contribution in [0.4, 0.5) is 10.2 Å². The predicted octanol–water partition coefficient (Wildman–Crippen LogP) is 0.852. The van der Waals surface area contributed by atoms with E-state index in [1.54, 1.807) is 49.5 Å². The van der Waals surface area contributed by atoms with Crippen LogP contribution in [0.2, 0.25) is 0 Å². The summed E-state index contributed by atoms with van der Waals surface area (Å²) in [5, 5.41) is 9.36. The first-order valence-electron chi connectivity index (χ1n) is 9.14. The third-order valence-corrected chi connectivity index (χ3v) is 4.83. The molecule has 0 aliphatic carbocycles. The van der Waals surface area contributed by atoms with Gasteiger partial charge in [-0.2, -0.15) is 9.49 Å². The molecule has 0 fully saturated rings. The summed E-state index contributed by atoms with van der Waals surface area (Å²) in [6, 6.07) is 0. The summed E-state index contributed by atoms with van der Waals surface area (Å²) >= 11 is 0. The van der Waals surface area contributed by atoms with E-state index in [-0.39, 0.29) is 11.7 Å². The molecule has 30 heavy (non-hydrogen) atoms. The summed E-state index contributed by atoms with van der Waals surface area (Å²) in [4.78, 5) is 17.0. The number of anilines is 1. The van der Waals surface area contributed by atoms with E-state index in [4.69, 9.17) is 10.5 Å². The number of ether oxygens (including phenoxy) is 1. The van der Waals surface area contributed by atoms with Crippen LogP contribution in [0.5, 0.6) is 5.88 Å². The van der Waals surface area contributed by atoms with E-state index in [1.807, 2.05) is 0 Å². The molecule has 0 saturated carbocycles. The van der Waals surface area contributed by atoms with Crippen LogP contribution in [0.25, 0.3) is 16.5 Å². The number of nitrogens with two attached hydrogens (primary N) is 1. The second kappa shape index (κ2) is 6.81.